The van der Waals surface area contributed by atoms with Crippen molar-refractivity contribution in [3.05, 3.63) is 28.8 Å². The molecule has 16 heavy (non-hydrogen) atoms. The SMILES string of the molecule is CCOC(=O)C(C)Oc1ccc(C)c(Cl)c1. The molecule has 1 rings (SSSR count). The number of benzene rings is 1. The molecule has 0 saturated carbocycles. The molecule has 0 aliphatic heterocycles. The standard InChI is InChI=1S/C12H15ClO3/c1-4-15-12(14)9(3)16-10-6-5-8(2)11(13)7-10/h5-7,9H,4H2,1-3H3. The Bertz CT molecular complexity index is 377. The molecule has 0 spiro atoms. The maximum Gasteiger partial charge on any atom is 0.347 e. The molecule has 0 radical (unpaired) electrons. The fraction of sp³-hybridized carbons (Fsp3) is 0.417. The summed E-state index contributed by atoms with van der Waals surface area (Å²) < 4.78 is 10.2. The zero-order chi connectivity index (χ0) is 12.1. The van der Waals surface area contributed by atoms with Crippen molar-refractivity contribution in [2.24, 2.45) is 0 Å². The van der Waals surface area contributed by atoms with E-state index < -0.39 is 6.10 Å². The number of halogens is 1. The van der Waals surface area contributed by atoms with Crippen LogP contribution in [0.25, 0.3) is 0 Å². The van der Waals surface area contributed by atoms with Crippen LogP contribution in [0.15, 0.2) is 18.2 Å². The third kappa shape index (κ3) is 3.42. The summed E-state index contributed by atoms with van der Waals surface area (Å²) in [6.07, 6.45) is -0.626. The van der Waals surface area contributed by atoms with E-state index in [-0.39, 0.29) is 5.97 Å². The predicted molar refractivity (Wildman–Crippen MR) is 62.9 cm³/mol. The van der Waals surface area contributed by atoms with Crippen molar-refractivity contribution in [3.8, 4) is 5.75 Å². The van der Waals surface area contributed by atoms with Gasteiger partial charge in [-0.15, -0.1) is 0 Å². The molecule has 0 aromatic heterocycles. The van der Waals surface area contributed by atoms with Gasteiger partial charge in [-0.3, -0.25) is 0 Å². The van der Waals surface area contributed by atoms with Gasteiger partial charge in [0.1, 0.15) is 5.75 Å². The van der Waals surface area contributed by atoms with Crippen LogP contribution >= 0.6 is 11.6 Å². The molecule has 0 bridgehead atoms. The molecule has 1 aromatic carbocycles. The van der Waals surface area contributed by atoms with Crippen LogP contribution in [0.5, 0.6) is 5.75 Å². The third-order valence-corrected chi connectivity index (χ3v) is 2.48. The Hall–Kier alpha value is -1.22. The second kappa shape index (κ2) is 5.75. The van der Waals surface area contributed by atoms with Crippen molar-refractivity contribution < 1.29 is 14.3 Å². The largest absolute Gasteiger partial charge is 0.479 e. The fourth-order valence-corrected chi connectivity index (χ4v) is 1.33. The molecular weight excluding hydrogens is 228 g/mol. The smallest absolute Gasteiger partial charge is 0.347 e. The number of aryl methyl sites for hydroxylation is 1. The van der Waals surface area contributed by atoms with E-state index in [9.17, 15) is 4.79 Å². The van der Waals surface area contributed by atoms with E-state index in [1.165, 1.54) is 0 Å². The topological polar surface area (TPSA) is 35.5 Å². The van der Waals surface area contributed by atoms with Gasteiger partial charge in [-0.05, 0) is 38.5 Å². The highest BCUT2D eigenvalue weighted by Gasteiger charge is 2.15. The van der Waals surface area contributed by atoms with Gasteiger partial charge < -0.3 is 9.47 Å². The first-order valence-corrected chi connectivity index (χ1v) is 5.51. The van der Waals surface area contributed by atoms with E-state index in [1.807, 2.05) is 13.0 Å². The lowest BCUT2D eigenvalue weighted by atomic mass is 10.2. The Morgan fingerprint density at radius 2 is 2.19 bits per heavy atom. The molecular formula is C12H15ClO3. The highest BCUT2D eigenvalue weighted by atomic mass is 35.5. The summed E-state index contributed by atoms with van der Waals surface area (Å²) in [5.74, 6) is 0.190. The van der Waals surface area contributed by atoms with E-state index in [2.05, 4.69) is 0 Å². The number of carbonyl (C=O) groups excluding carboxylic acids is 1. The summed E-state index contributed by atoms with van der Waals surface area (Å²) in [5, 5.41) is 0.619. The van der Waals surface area contributed by atoms with Gasteiger partial charge in [0.2, 0.25) is 0 Å². The Morgan fingerprint density at radius 3 is 2.75 bits per heavy atom. The van der Waals surface area contributed by atoms with Crippen LogP contribution in [-0.4, -0.2) is 18.7 Å². The normalized spacial score (nSPS) is 12.0. The van der Waals surface area contributed by atoms with Crippen LogP contribution in [0.1, 0.15) is 19.4 Å². The minimum Gasteiger partial charge on any atom is -0.479 e. The van der Waals surface area contributed by atoms with Gasteiger partial charge in [0.15, 0.2) is 6.10 Å². The Labute approximate surface area is 100 Å². The Balaban J connectivity index is 2.66. The molecule has 4 heteroatoms. The number of hydrogen-bond donors (Lipinski definition) is 0. The quantitative estimate of drug-likeness (QED) is 0.762. The molecule has 0 heterocycles. The minimum atomic E-state index is -0.626. The second-order valence-electron chi connectivity index (χ2n) is 3.42. The molecule has 0 N–H and O–H groups in total. The summed E-state index contributed by atoms with van der Waals surface area (Å²) in [7, 11) is 0. The second-order valence-corrected chi connectivity index (χ2v) is 3.83. The zero-order valence-electron chi connectivity index (χ0n) is 9.62. The van der Waals surface area contributed by atoms with E-state index in [1.54, 1.807) is 26.0 Å². The van der Waals surface area contributed by atoms with Gasteiger partial charge in [0.05, 0.1) is 6.61 Å². The maximum atomic E-state index is 11.3. The fourth-order valence-electron chi connectivity index (χ4n) is 1.16. The van der Waals surface area contributed by atoms with E-state index in [0.717, 1.165) is 5.56 Å². The molecule has 1 atom stereocenters. The minimum absolute atomic E-state index is 0.348. The molecule has 0 amide bonds. The summed E-state index contributed by atoms with van der Waals surface area (Å²) in [5.41, 5.74) is 0.970. The van der Waals surface area contributed by atoms with Gasteiger partial charge in [-0.2, -0.15) is 0 Å². The Morgan fingerprint density at radius 1 is 1.50 bits per heavy atom. The summed E-state index contributed by atoms with van der Waals surface area (Å²) in [6, 6.07) is 5.30. The van der Waals surface area contributed by atoms with Crippen LogP contribution in [-0.2, 0) is 9.53 Å². The third-order valence-electron chi connectivity index (χ3n) is 2.07. The average molecular weight is 243 g/mol. The molecule has 0 fully saturated rings. The monoisotopic (exact) mass is 242 g/mol. The summed E-state index contributed by atoms with van der Waals surface area (Å²) >= 11 is 5.94. The molecule has 0 aliphatic carbocycles. The van der Waals surface area contributed by atoms with E-state index in [0.29, 0.717) is 17.4 Å². The molecule has 1 aromatic rings. The highest BCUT2D eigenvalue weighted by molar-refractivity contribution is 6.31. The first kappa shape index (κ1) is 12.8. The van der Waals surface area contributed by atoms with Crippen LogP contribution in [0.3, 0.4) is 0 Å². The molecule has 0 saturated heterocycles. The van der Waals surface area contributed by atoms with Crippen molar-refractivity contribution >= 4 is 17.6 Å². The number of ether oxygens (including phenoxy) is 2. The van der Waals surface area contributed by atoms with Gasteiger partial charge in [-0.25, -0.2) is 4.79 Å². The predicted octanol–water partition coefficient (Wildman–Crippen LogP) is 2.98. The maximum absolute atomic E-state index is 11.3. The molecule has 88 valence electrons. The highest BCUT2D eigenvalue weighted by Crippen LogP contribution is 2.22. The van der Waals surface area contributed by atoms with Crippen molar-refractivity contribution in [1.29, 1.82) is 0 Å². The first-order chi connectivity index (χ1) is 7.54. The Kier molecular flexibility index (Phi) is 4.62. The summed E-state index contributed by atoms with van der Waals surface area (Å²) in [6.45, 7) is 5.65. The number of hydrogen-bond acceptors (Lipinski definition) is 3. The average Bonchev–Trinajstić information content (AvgIpc) is 2.24. The van der Waals surface area contributed by atoms with Crippen molar-refractivity contribution in [2.75, 3.05) is 6.61 Å². The first-order valence-electron chi connectivity index (χ1n) is 5.14. The number of carbonyl (C=O) groups is 1. The lowest BCUT2D eigenvalue weighted by molar-refractivity contribution is -0.150. The van der Waals surface area contributed by atoms with Crippen LogP contribution in [0.2, 0.25) is 5.02 Å². The number of esters is 1. The molecule has 3 nitrogen and oxygen atoms in total. The molecule has 1 unspecified atom stereocenters. The van der Waals surface area contributed by atoms with Crippen LogP contribution < -0.4 is 4.74 Å². The summed E-state index contributed by atoms with van der Waals surface area (Å²) in [4.78, 5) is 11.3. The van der Waals surface area contributed by atoms with Crippen LogP contribution in [0, 0.1) is 6.92 Å². The van der Waals surface area contributed by atoms with E-state index in [4.69, 9.17) is 21.1 Å². The van der Waals surface area contributed by atoms with Gasteiger partial charge in [-0.1, -0.05) is 17.7 Å². The van der Waals surface area contributed by atoms with Gasteiger partial charge in [0.25, 0.3) is 0 Å². The zero-order valence-corrected chi connectivity index (χ0v) is 10.4. The van der Waals surface area contributed by atoms with E-state index >= 15 is 0 Å². The van der Waals surface area contributed by atoms with Crippen LogP contribution in [0.4, 0.5) is 0 Å². The number of rotatable bonds is 4. The lowest BCUT2D eigenvalue weighted by Crippen LogP contribution is -2.26. The van der Waals surface area contributed by atoms with Crippen molar-refractivity contribution in [2.45, 2.75) is 26.9 Å². The van der Waals surface area contributed by atoms with Gasteiger partial charge >= 0.3 is 5.97 Å². The van der Waals surface area contributed by atoms with Crippen molar-refractivity contribution in [1.82, 2.24) is 0 Å². The van der Waals surface area contributed by atoms with Gasteiger partial charge in [0, 0.05) is 5.02 Å². The van der Waals surface area contributed by atoms with Crippen molar-refractivity contribution in [3.63, 3.8) is 0 Å². The molecule has 0 aliphatic rings. The lowest BCUT2D eigenvalue weighted by Gasteiger charge is -2.13.